The van der Waals surface area contributed by atoms with Gasteiger partial charge in [0.25, 0.3) is 5.91 Å². The normalized spacial score (nSPS) is 39.6. The van der Waals surface area contributed by atoms with Crippen LogP contribution in [-0.2, 0) is 14.3 Å². The smallest absolute Gasteiger partial charge is 0.313 e. The predicted octanol–water partition coefficient (Wildman–Crippen LogP) is 2.56. The van der Waals surface area contributed by atoms with Crippen LogP contribution in [-0.4, -0.2) is 23.5 Å². The Hall–Kier alpha value is -1.06. The average Bonchev–Trinajstić information content (AvgIpc) is 2.70. The third kappa shape index (κ3) is 1.54. The van der Waals surface area contributed by atoms with Gasteiger partial charge in [0.15, 0.2) is 5.60 Å². The highest BCUT2D eigenvalue weighted by Crippen LogP contribution is 2.65. The third-order valence-electron chi connectivity index (χ3n) is 6.39. The first-order valence-electron chi connectivity index (χ1n) is 7.88. The van der Waals surface area contributed by atoms with Crippen molar-refractivity contribution >= 4 is 11.9 Å². The van der Waals surface area contributed by atoms with E-state index in [1.807, 2.05) is 20.8 Å². The third-order valence-corrected chi connectivity index (χ3v) is 6.39. The molecule has 0 spiro atoms. The summed E-state index contributed by atoms with van der Waals surface area (Å²) in [6.07, 6.45) is 7.12. The molecule has 112 valence electrons. The molecule has 20 heavy (non-hydrogen) atoms. The molecule has 2 aliphatic carbocycles. The second-order valence-electron chi connectivity index (χ2n) is 7.48. The highest BCUT2D eigenvalue weighted by atomic mass is 16.6. The van der Waals surface area contributed by atoms with E-state index in [2.05, 4.69) is 5.32 Å². The van der Waals surface area contributed by atoms with Gasteiger partial charge in [0.2, 0.25) is 0 Å². The number of esters is 1. The van der Waals surface area contributed by atoms with Gasteiger partial charge in [-0.2, -0.15) is 0 Å². The predicted molar refractivity (Wildman–Crippen MR) is 75.0 cm³/mol. The number of nitrogens with one attached hydrogen (secondary N) is 1. The van der Waals surface area contributed by atoms with E-state index in [1.165, 1.54) is 19.3 Å². The average molecular weight is 279 g/mol. The van der Waals surface area contributed by atoms with Crippen molar-refractivity contribution in [2.45, 2.75) is 77.4 Å². The molecule has 0 aromatic heterocycles. The molecule has 4 heteroatoms. The summed E-state index contributed by atoms with van der Waals surface area (Å²) in [6.45, 7) is 5.95. The molecule has 2 unspecified atom stereocenters. The van der Waals surface area contributed by atoms with Gasteiger partial charge in [0.05, 0.1) is 5.41 Å². The van der Waals surface area contributed by atoms with Gasteiger partial charge in [-0.3, -0.25) is 9.59 Å². The van der Waals surface area contributed by atoms with E-state index in [0.29, 0.717) is 6.42 Å². The van der Waals surface area contributed by atoms with Crippen molar-refractivity contribution in [3.63, 3.8) is 0 Å². The molecule has 1 saturated heterocycles. The largest absolute Gasteiger partial charge is 0.448 e. The topological polar surface area (TPSA) is 55.4 Å². The summed E-state index contributed by atoms with van der Waals surface area (Å²) in [6, 6.07) is 0.257. The van der Waals surface area contributed by atoms with Crippen molar-refractivity contribution in [3.05, 3.63) is 0 Å². The van der Waals surface area contributed by atoms with E-state index in [9.17, 15) is 9.59 Å². The molecule has 1 amide bonds. The maximum Gasteiger partial charge on any atom is 0.313 e. The van der Waals surface area contributed by atoms with E-state index in [-0.39, 0.29) is 17.9 Å². The minimum Gasteiger partial charge on any atom is -0.448 e. The molecule has 1 N–H and O–H groups in total. The van der Waals surface area contributed by atoms with Crippen molar-refractivity contribution in [2.24, 2.45) is 10.8 Å². The van der Waals surface area contributed by atoms with Gasteiger partial charge in [0.1, 0.15) is 0 Å². The highest BCUT2D eigenvalue weighted by Gasteiger charge is 2.75. The maximum atomic E-state index is 12.8. The second kappa shape index (κ2) is 4.22. The van der Waals surface area contributed by atoms with Crippen LogP contribution >= 0.6 is 0 Å². The van der Waals surface area contributed by atoms with Crippen molar-refractivity contribution in [1.29, 1.82) is 0 Å². The number of hydrogen-bond donors (Lipinski definition) is 1. The van der Waals surface area contributed by atoms with Gasteiger partial charge in [0, 0.05) is 11.5 Å². The molecule has 2 atom stereocenters. The van der Waals surface area contributed by atoms with Crippen LogP contribution in [0.3, 0.4) is 0 Å². The second-order valence-corrected chi connectivity index (χ2v) is 7.48. The molecule has 3 aliphatic rings. The van der Waals surface area contributed by atoms with Gasteiger partial charge in [-0.1, -0.05) is 33.1 Å². The van der Waals surface area contributed by atoms with Gasteiger partial charge in [-0.15, -0.1) is 0 Å². The zero-order chi connectivity index (χ0) is 14.6. The first-order chi connectivity index (χ1) is 9.33. The lowest BCUT2D eigenvalue weighted by Gasteiger charge is -2.37. The minimum absolute atomic E-state index is 0.0658. The summed E-state index contributed by atoms with van der Waals surface area (Å²) in [5.41, 5.74) is -1.90. The van der Waals surface area contributed by atoms with E-state index >= 15 is 0 Å². The summed E-state index contributed by atoms with van der Waals surface area (Å²) >= 11 is 0. The molecule has 0 aromatic rings. The van der Waals surface area contributed by atoms with Crippen LogP contribution in [0.4, 0.5) is 0 Å². The molecular weight excluding hydrogens is 254 g/mol. The zero-order valence-electron chi connectivity index (χ0n) is 12.8. The first kappa shape index (κ1) is 13.9. The fourth-order valence-electron chi connectivity index (χ4n) is 4.30. The molecule has 3 rings (SSSR count). The van der Waals surface area contributed by atoms with Crippen LogP contribution in [0.1, 0.15) is 65.7 Å². The molecular formula is C16H25NO3. The Morgan fingerprint density at radius 1 is 1.15 bits per heavy atom. The number of carbonyl (C=O) groups is 2. The number of fused-ring (bicyclic) bond motifs is 2. The Morgan fingerprint density at radius 2 is 1.80 bits per heavy atom. The highest BCUT2D eigenvalue weighted by molar-refractivity contribution is 5.96. The number of hydrogen-bond acceptors (Lipinski definition) is 3. The van der Waals surface area contributed by atoms with Crippen LogP contribution in [0.25, 0.3) is 0 Å². The van der Waals surface area contributed by atoms with Crippen molar-refractivity contribution in [1.82, 2.24) is 5.32 Å². The molecule has 4 nitrogen and oxygen atoms in total. The summed E-state index contributed by atoms with van der Waals surface area (Å²) in [5.74, 6) is -0.267. The van der Waals surface area contributed by atoms with Crippen LogP contribution in [0.2, 0.25) is 0 Å². The molecule has 3 fully saturated rings. The van der Waals surface area contributed by atoms with E-state index < -0.39 is 16.4 Å². The van der Waals surface area contributed by atoms with E-state index in [0.717, 1.165) is 19.3 Å². The molecule has 1 aliphatic heterocycles. The summed E-state index contributed by atoms with van der Waals surface area (Å²) in [7, 11) is 0. The Balaban J connectivity index is 1.82. The number of ether oxygens (including phenoxy) is 1. The zero-order valence-corrected chi connectivity index (χ0v) is 12.8. The van der Waals surface area contributed by atoms with Crippen LogP contribution in [0.15, 0.2) is 0 Å². The number of rotatable bonds is 2. The summed E-state index contributed by atoms with van der Waals surface area (Å²) in [5, 5.41) is 3.16. The molecule has 0 radical (unpaired) electrons. The lowest BCUT2D eigenvalue weighted by atomic mass is 9.66. The molecule has 0 aromatic carbocycles. The number of carbonyl (C=O) groups excluding carboxylic acids is 2. The number of amides is 1. The van der Waals surface area contributed by atoms with Gasteiger partial charge in [-0.25, -0.2) is 0 Å². The van der Waals surface area contributed by atoms with Crippen LogP contribution < -0.4 is 5.32 Å². The molecule has 2 bridgehead atoms. The van der Waals surface area contributed by atoms with Gasteiger partial charge < -0.3 is 10.1 Å². The first-order valence-corrected chi connectivity index (χ1v) is 7.88. The lowest BCUT2D eigenvalue weighted by Crippen LogP contribution is -2.55. The Morgan fingerprint density at radius 3 is 2.30 bits per heavy atom. The van der Waals surface area contributed by atoms with Gasteiger partial charge in [-0.05, 0) is 32.6 Å². The Kier molecular flexibility index (Phi) is 2.93. The van der Waals surface area contributed by atoms with Crippen molar-refractivity contribution < 1.29 is 14.3 Å². The SMILES string of the molecule is CC12CCC(C(=O)NC3CCCCC3)(OC1=O)C2(C)C. The van der Waals surface area contributed by atoms with E-state index in [4.69, 9.17) is 4.74 Å². The summed E-state index contributed by atoms with van der Waals surface area (Å²) < 4.78 is 5.62. The minimum atomic E-state index is -0.948. The quantitative estimate of drug-likeness (QED) is 0.790. The molecule has 1 heterocycles. The van der Waals surface area contributed by atoms with Crippen LogP contribution in [0, 0.1) is 10.8 Å². The monoisotopic (exact) mass is 279 g/mol. The molecule has 2 saturated carbocycles. The van der Waals surface area contributed by atoms with E-state index in [1.54, 1.807) is 0 Å². The standard InChI is InChI=1S/C16H25NO3/c1-14(2)15(3)9-10-16(14,20-13(15)19)12(18)17-11-7-5-4-6-8-11/h11H,4-10H2,1-3H3,(H,17,18). The van der Waals surface area contributed by atoms with Crippen molar-refractivity contribution in [2.75, 3.05) is 0 Å². The maximum absolute atomic E-state index is 12.8. The van der Waals surface area contributed by atoms with Gasteiger partial charge >= 0.3 is 5.97 Å². The van der Waals surface area contributed by atoms with Crippen molar-refractivity contribution in [3.8, 4) is 0 Å². The fraction of sp³-hybridized carbons (Fsp3) is 0.875. The Bertz CT molecular complexity index is 453. The fourth-order valence-corrected chi connectivity index (χ4v) is 4.30. The summed E-state index contributed by atoms with van der Waals surface area (Å²) in [4.78, 5) is 25.0. The Labute approximate surface area is 120 Å². The lowest BCUT2D eigenvalue weighted by molar-refractivity contribution is -0.168. The van der Waals surface area contributed by atoms with Crippen LogP contribution in [0.5, 0.6) is 0 Å².